The molecule has 8 nitrogen and oxygen atoms in total. The van der Waals surface area contributed by atoms with Gasteiger partial charge in [-0.05, 0) is 37.3 Å². The van der Waals surface area contributed by atoms with Crippen LogP contribution in [0.25, 0.3) is 16.7 Å². The van der Waals surface area contributed by atoms with Gasteiger partial charge in [-0.2, -0.15) is 0 Å². The molecule has 148 valence electrons. The monoisotopic (exact) mass is 395 g/mol. The number of nitrogens with one attached hydrogen (secondary N) is 1. The van der Waals surface area contributed by atoms with Crippen molar-refractivity contribution < 1.29 is 13.9 Å². The van der Waals surface area contributed by atoms with Crippen LogP contribution in [0.4, 0.5) is 10.1 Å². The molecule has 0 radical (unpaired) electrons. The van der Waals surface area contributed by atoms with Gasteiger partial charge in [0, 0.05) is 6.54 Å². The molecule has 0 spiro atoms. The van der Waals surface area contributed by atoms with E-state index in [0.717, 1.165) is 0 Å². The number of hydrogen-bond acceptors (Lipinski definition) is 6. The number of fused-ring (bicyclic) bond motifs is 3. The lowest BCUT2D eigenvalue weighted by atomic mass is 10.2. The first-order valence-electron chi connectivity index (χ1n) is 9.02. The Kier molecular flexibility index (Phi) is 4.71. The Hall–Kier alpha value is -3.75. The zero-order valence-electron chi connectivity index (χ0n) is 15.8. The molecular weight excluding hydrogens is 377 g/mol. The predicted molar refractivity (Wildman–Crippen MR) is 105 cm³/mol. The lowest BCUT2D eigenvalue weighted by Gasteiger charge is -2.11. The first kappa shape index (κ1) is 18.6. The Balaban J connectivity index is 1.78. The molecule has 0 unspecified atom stereocenters. The van der Waals surface area contributed by atoms with E-state index in [4.69, 9.17) is 0 Å². The number of rotatable bonds is 5. The number of carbonyl (C=O) groups is 1. The number of methoxy groups -OCH3 is 1. The van der Waals surface area contributed by atoms with Gasteiger partial charge < -0.3 is 10.1 Å². The Labute approximate surface area is 164 Å². The third kappa shape index (κ3) is 3.10. The van der Waals surface area contributed by atoms with E-state index in [9.17, 15) is 14.0 Å². The zero-order valence-corrected chi connectivity index (χ0v) is 15.8. The summed E-state index contributed by atoms with van der Waals surface area (Å²) in [5.41, 5.74) is 0.896. The van der Waals surface area contributed by atoms with Gasteiger partial charge in [0.15, 0.2) is 5.82 Å². The normalized spacial score (nSPS) is 11.1. The molecular formula is C20H18FN5O3. The molecule has 2 heterocycles. The van der Waals surface area contributed by atoms with Gasteiger partial charge in [0.25, 0.3) is 5.56 Å². The predicted octanol–water partition coefficient (Wildman–Crippen LogP) is 2.60. The Bertz CT molecular complexity index is 1290. The zero-order chi connectivity index (χ0) is 20.5. The average molecular weight is 395 g/mol. The minimum Gasteiger partial charge on any atom is -0.465 e. The molecule has 0 bridgehead atoms. The van der Waals surface area contributed by atoms with Crippen LogP contribution in [0.15, 0.2) is 47.3 Å². The number of nitrogens with zero attached hydrogens (tertiary/aromatic N) is 4. The van der Waals surface area contributed by atoms with Crippen molar-refractivity contribution >= 4 is 28.3 Å². The van der Waals surface area contributed by atoms with Gasteiger partial charge in [0.1, 0.15) is 5.82 Å². The van der Waals surface area contributed by atoms with Gasteiger partial charge in [-0.3, -0.25) is 13.8 Å². The number of halogens is 1. The minimum atomic E-state index is -0.557. The molecule has 2 aromatic carbocycles. The van der Waals surface area contributed by atoms with Crippen LogP contribution in [0.2, 0.25) is 0 Å². The highest BCUT2D eigenvalue weighted by Crippen LogP contribution is 2.19. The molecule has 2 aromatic heterocycles. The number of ether oxygens (including phenoxy) is 1. The van der Waals surface area contributed by atoms with Crippen molar-refractivity contribution in [1.29, 1.82) is 0 Å². The third-order valence-corrected chi connectivity index (χ3v) is 4.72. The number of esters is 1. The maximum Gasteiger partial charge on any atom is 0.337 e. The summed E-state index contributed by atoms with van der Waals surface area (Å²) in [4.78, 5) is 24.4. The van der Waals surface area contributed by atoms with Crippen LogP contribution >= 0.6 is 0 Å². The molecule has 4 rings (SSSR count). The number of benzene rings is 2. The van der Waals surface area contributed by atoms with Gasteiger partial charge in [-0.25, -0.2) is 9.18 Å². The van der Waals surface area contributed by atoms with Crippen molar-refractivity contribution in [3.8, 4) is 0 Å². The average Bonchev–Trinajstić information content (AvgIpc) is 3.17. The first-order valence-corrected chi connectivity index (χ1v) is 9.02. The second kappa shape index (κ2) is 7.34. The van der Waals surface area contributed by atoms with E-state index in [-0.39, 0.29) is 23.4 Å². The summed E-state index contributed by atoms with van der Waals surface area (Å²) in [5, 5.41) is 11.8. The van der Waals surface area contributed by atoms with Crippen LogP contribution in [-0.4, -0.2) is 32.2 Å². The lowest BCUT2D eigenvalue weighted by molar-refractivity contribution is 0.0600. The largest absolute Gasteiger partial charge is 0.465 e. The standard InChI is InChI=1S/C20H18FN5O3/c1-3-25-18(27)13-6-4-5-7-16(13)26-17(23-24-20(25)26)11-22-15-10-12(19(28)29-2)8-9-14(15)21/h4-10,22H,3,11H2,1-2H3. The number of hydrogen-bond donors (Lipinski definition) is 1. The molecule has 9 heteroatoms. The third-order valence-electron chi connectivity index (χ3n) is 4.72. The minimum absolute atomic E-state index is 0.134. The van der Waals surface area contributed by atoms with Crippen LogP contribution < -0.4 is 10.9 Å². The summed E-state index contributed by atoms with van der Waals surface area (Å²) in [7, 11) is 1.26. The summed E-state index contributed by atoms with van der Waals surface area (Å²) < 4.78 is 22.2. The highest BCUT2D eigenvalue weighted by atomic mass is 19.1. The first-order chi connectivity index (χ1) is 14.0. The quantitative estimate of drug-likeness (QED) is 0.523. The van der Waals surface area contributed by atoms with E-state index < -0.39 is 11.8 Å². The fourth-order valence-corrected chi connectivity index (χ4v) is 3.29. The van der Waals surface area contributed by atoms with Crippen LogP contribution in [0.3, 0.4) is 0 Å². The maximum absolute atomic E-state index is 14.2. The molecule has 0 aliphatic rings. The SMILES string of the molecule is CCn1c(=O)c2ccccc2n2c(CNc3cc(C(=O)OC)ccc3F)nnc12. The van der Waals surface area contributed by atoms with Crippen molar-refractivity contribution in [3.63, 3.8) is 0 Å². The van der Waals surface area contributed by atoms with E-state index in [1.807, 2.05) is 19.1 Å². The van der Waals surface area contributed by atoms with Crippen molar-refractivity contribution in [2.75, 3.05) is 12.4 Å². The molecule has 0 aliphatic carbocycles. The van der Waals surface area contributed by atoms with Crippen LogP contribution in [-0.2, 0) is 17.8 Å². The Morgan fingerprint density at radius 2 is 2.00 bits per heavy atom. The number of para-hydroxylation sites is 1. The van der Waals surface area contributed by atoms with Crippen LogP contribution in [0, 0.1) is 5.82 Å². The summed E-state index contributed by atoms with van der Waals surface area (Å²) in [5.74, 6) is -0.154. The van der Waals surface area contributed by atoms with Gasteiger partial charge in [0.05, 0.1) is 35.8 Å². The molecule has 0 atom stereocenters. The van der Waals surface area contributed by atoms with Gasteiger partial charge in [-0.1, -0.05) is 12.1 Å². The fourth-order valence-electron chi connectivity index (χ4n) is 3.29. The number of anilines is 1. The summed E-state index contributed by atoms with van der Waals surface area (Å²) in [6, 6.07) is 11.1. The number of aryl methyl sites for hydroxylation is 1. The summed E-state index contributed by atoms with van der Waals surface area (Å²) in [6.07, 6.45) is 0. The smallest absolute Gasteiger partial charge is 0.337 e. The van der Waals surface area contributed by atoms with E-state index in [2.05, 4.69) is 20.3 Å². The lowest BCUT2D eigenvalue weighted by Crippen LogP contribution is -2.23. The van der Waals surface area contributed by atoms with Crippen molar-refractivity contribution in [3.05, 3.63) is 70.0 Å². The topological polar surface area (TPSA) is 90.5 Å². The fraction of sp³-hybridized carbons (Fsp3) is 0.200. The number of aromatic nitrogens is 4. The van der Waals surface area contributed by atoms with E-state index in [0.29, 0.717) is 29.0 Å². The van der Waals surface area contributed by atoms with E-state index >= 15 is 0 Å². The van der Waals surface area contributed by atoms with Crippen molar-refractivity contribution in [1.82, 2.24) is 19.2 Å². The second-order valence-corrected chi connectivity index (χ2v) is 6.36. The van der Waals surface area contributed by atoms with Gasteiger partial charge in [0.2, 0.25) is 5.78 Å². The molecule has 4 aromatic rings. The van der Waals surface area contributed by atoms with E-state index in [1.54, 1.807) is 16.5 Å². The van der Waals surface area contributed by atoms with Gasteiger partial charge >= 0.3 is 5.97 Å². The molecule has 1 N–H and O–H groups in total. The molecule has 0 aliphatic heterocycles. The highest BCUT2D eigenvalue weighted by molar-refractivity contribution is 5.90. The maximum atomic E-state index is 14.2. The van der Waals surface area contributed by atoms with E-state index in [1.165, 1.54) is 29.9 Å². The second-order valence-electron chi connectivity index (χ2n) is 6.36. The molecule has 0 saturated heterocycles. The van der Waals surface area contributed by atoms with Crippen molar-refractivity contribution in [2.45, 2.75) is 20.0 Å². The molecule has 0 amide bonds. The van der Waals surface area contributed by atoms with Crippen molar-refractivity contribution in [2.24, 2.45) is 0 Å². The highest BCUT2D eigenvalue weighted by Gasteiger charge is 2.16. The van der Waals surface area contributed by atoms with Gasteiger partial charge in [-0.15, -0.1) is 10.2 Å². The Morgan fingerprint density at radius 3 is 2.76 bits per heavy atom. The summed E-state index contributed by atoms with van der Waals surface area (Å²) >= 11 is 0. The molecule has 0 fully saturated rings. The van der Waals surface area contributed by atoms with Crippen LogP contribution in [0.5, 0.6) is 0 Å². The summed E-state index contributed by atoms with van der Waals surface area (Å²) in [6.45, 7) is 2.43. The number of carbonyl (C=O) groups excluding carboxylic acids is 1. The molecule has 29 heavy (non-hydrogen) atoms. The Morgan fingerprint density at radius 1 is 1.21 bits per heavy atom. The van der Waals surface area contributed by atoms with Crippen LogP contribution in [0.1, 0.15) is 23.1 Å². The molecule has 0 saturated carbocycles.